The van der Waals surface area contributed by atoms with Crippen LogP contribution < -0.4 is 4.74 Å². The second kappa shape index (κ2) is 7.22. The van der Waals surface area contributed by atoms with Crippen LogP contribution >= 0.6 is 0 Å². The van der Waals surface area contributed by atoms with Crippen LogP contribution in [0.2, 0.25) is 0 Å². The topological polar surface area (TPSA) is 62.4 Å². The molecule has 0 atom stereocenters. The van der Waals surface area contributed by atoms with Crippen LogP contribution in [0.3, 0.4) is 0 Å². The highest BCUT2D eigenvalue weighted by atomic mass is 19.4. The lowest BCUT2D eigenvalue weighted by atomic mass is 10.1. The number of rotatable bonds is 5. The fourth-order valence-electron chi connectivity index (χ4n) is 1.44. The Hall–Kier alpha value is -2.88. The van der Waals surface area contributed by atoms with Gasteiger partial charge in [-0.1, -0.05) is 0 Å². The molecule has 0 aliphatic rings. The summed E-state index contributed by atoms with van der Waals surface area (Å²) in [5, 5.41) is 8.96. The number of carbonyl (C=O) groups is 1. The van der Waals surface area contributed by atoms with E-state index in [0.29, 0.717) is 17.9 Å². The predicted molar refractivity (Wildman–Crippen MR) is 74.6 cm³/mol. The lowest BCUT2D eigenvalue weighted by Gasteiger charge is -2.08. The smallest absolute Gasteiger partial charge is 0.433 e. The Balaban J connectivity index is 3.03. The summed E-state index contributed by atoms with van der Waals surface area (Å²) in [5.74, 6) is 0.246. The Kier molecular flexibility index (Phi) is 5.64. The van der Waals surface area contributed by atoms with Crippen molar-refractivity contribution >= 4 is 13.0 Å². The maximum absolute atomic E-state index is 12.5. The van der Waals surface area contributed by atoms with Gasteiger partial charge in [-0.05, 0) is 44.0 Å². The molecule has 0 aliphatic heterocycles. The van der Waals surface area contributed by atoms with Gasteiger partial charge in [0.25, 0.3) is 0 Å². The lowest BCUT2D eigenvalue weighted by molar-refractivity contribution is -0.0922. The molecule has 0 aliphatic carbocycles. The zero-order valence-electron chi connectivity index (χ0n) is 11.5. The van der Waals surface area contributed by atoms with Gasteiger partial charge in [-0.15, -0.1) is 0 Å². The van der Waals surface area contributed by atoms with Crippen molar-refractivity contribution in [3.63, 3.8) is 0 Å². The maximum atomic E-state index is 12.5. The van der Waals surface area contributed by atoms with E-state index >= 15 is 0 Å². The Morgan fingerprint density at radius 2 is 2.09 bits per heavy atom. The number of benzene rings is 1. The molecular formula is C15H11F3N2O2. The first-order valence-corrected chi connectivity index (χ1v) is 5.91. The lowest BCUT2D eigenvalue weighted by Crippen LogP contribution is -2.09. The van der Waals surface area contributed by atoms with Crippen LogP contribution in [0.25, 0.3) is 0 Å². The van der Waals surface area contributed by atoms with E-state index in [1.165, 1.54) is 25.1 Å². The van der Waals surface area contributed by atoms with Crippen LogP contribution in [0, 0.1) is 11.3 Å². The van der Waals surface area contributed by atoms with Crippen molar-refractivity contribution in [2.24, 2.45) is 4.99 Å². The first-order chi connectivity index (χ1) is 10.3. The number of ether oxygens (including phenoxy) is 1. The van der Waals surface area contributed by atoms with E-state index in [1.54, 1.807) is 0 Å². The van der Waals surface area contributed by atoms with Crippen molar-refractivity contribution in [1.29, 1.82) is 5.26 Å². The van der Waals surface area contributed by atoms with Gasteiger partial charge in [-0.2, -0.15) is 18.4 Å². The minimum atomic E-state index is -4.61. The zero-order chi connectivity index (χ0) is 16.8. The largest absolute Gasteiger partial charge is 0.461 e. The molecule has 0 spiro atoms. The predicted octanol–water partition coefficient (Wildman–Crippen LogP) is 3.80. The third kappa shape index (κ3) is 4.59. The molecule has 0 N–H and O–H groups in total. The van der Waals surface area contributed by atoms with Crippen molar-refractivity contribution in [3.8, 4) is 11.8 Å². The fraction of sp³-hybridized carbons (Fsp3) is 0.133. The van der Waals surface area contributed by atoms with Gasteiger partial charge in [-0.3, -0.25) is 9.79 Å². The van der Waals surface area contributed by atoms with E-state index in [9.17, 15) is 18.0 Å². The summed E-state index contributed by atoms with van der Waals surface area (Å²) in [6.07, 6.45) is -2.26. The Bertz CT molecular complexity index is 683. The number of allylic oxidation sites excluding steroid dienone is 4. The van der Waals surface area contributed by atoms with Gasteiger partial charge >= 0.3 is 6.18 Å². The van der Waals surface area contributed by atoms with Crippen molar-refractivity contribution in [2.75, 3.05) is 0 Å². The molecule has 0 aromatic heterocycles. The summed E-state index contributed by atoms with van der Waals surface area (Å²) in [4.78, 5) is 13.5. The second-order valence-corrected chi connectivity index (χ2v) is 4.07. The first kappa shape index (κ1) is 17.2. The summed E-state index contributed by atoms with van der Waals surface area (Å²) >= 11 is 0. The standard InChI is InChI=1S/C15H11F3N2O2/c1-10(3-6-14(20-2)15(16,17)18)22-13-5-4-11(9-21)7-12(13)8-19/h3-7,9H,2H2,1H3. The molecule has 114 valence electrons. The van der Waals surface area contributed by atoms with Gasteiger partial charge in [0.15, 0.2) is 0 Å². The molecule has 0 fully saturated rings. The molecule has 0 saturated heterocycles. The van der Waals surface area contributed by atoms with E-state index in [4.69, 9.17) is 10.00 Å². The molecule has 1 rings (SSSR count). The highest BCUT2D eigenvalue weighted by molar-refractivity contribution is 5.76. The molecule has 0 unspecified atom stereocenters. The average molecular weight is 308 g/mol. The summed E-state index contributed by atoms with van der Waals surface area (Å²) in [7, 11) is 0. The van der Waals surface area contributed by atoms with Gasteiger partial charge < -0.3 is 4.74 Å². The molecule has 0 amide bonds. The maximum Gasteiger partial charge on any atom is 0.433 e. The number of aldehydes is 1. The number of halogens is 3. The van der Waals surface area contributed by atoms with Crippen molar-refractivity contribution < 1.29 is 22.7 Å². The van der Waals surface area contributed by atoms with Gasteiger partial charge in [0.2, 0.25) is 0 Å². The molecule has 4 nitrogen and oxygen atoms in total. The van der Waals surface area contributed by atoms with E-state index < -0.39 is 11.9 Å². The van der Waals surface area contributed by atoms with Crippen LogP contribution in [-0.4, -0.2) is 19.2 Å². The molecule has 0 bridgehead atoms. The highest BCUT2D eigenvalue weighted by Gasteiger charge is 2.32. The summed E-state index contributed by atoms with van der Waals surface area (Å²) in [5.41, 5.74) is -0.771. The summed E-state index contributed by atoms with van der Waals surface area (Å²) < 4.78 is 42.6. The van der Waals surface area contributed by atoms with Crippen LogP contribution in [0.15, 0.2) is 46.8 Å². The normalized spacial score (nSPS) is 12.5. The van der Waals surface area contributed by atoms with Crippen LogP contribution in [0.1, 0.15) is 22.8 Å². The number of carbonyl (C=O) groups excluding carboxylic acids is 1. The van der Waals surface area contributed by atoms with Gasteiger partial charge in [0.05, 0.1) is 5.56 Å². The Labute approximate surface area is 124 Å². The SMILES string of the molecule is C=NC(=CC=C(C)Oc1ccc(C=O)cc1C#N)C(F)(F)F. The zero-order valence-corrected chi connectivity index (χ0v) is 11.5. The van der Waals surface area contributed by atoms with Crippen molar-refractivity contribution in [2.45, 2.75) is 13.1 Å². The highest BCUT2D eigenvalue weighted by Crippen LogP contribution is 2.26. The van der Waals surface area contributed by atoms with Crippen LogP contribution in [-0.2, 0) is 0 Å². The number of nitriles is 1. The number of nitrogens with zero attached hydrogens (tertiary/aromatic N) is 2. The Morgan fingerprint density at radius 1 is 1.41 bits per heavy atom. The van der Waals surface area contributed by atoms with Crippen molar-refractivity contribution in [3.05, 3.63) is 52.9 Å². The molecule has 22 heavy (non-hydrogen) atoms. The monoisotopic (exact) mass is 308 g/mol. The summed E-state index contributed by atoms with van der Waals surface area (Å²) in [6.45, 7) is 4.27. The van der Waals surface area contributed by atoms with E-state index in [-0.39, 0.29) is 17.1 Å². The number of hydrogen-bond donors (Lipinski definition) is 0. The molecule has 1 aromatic carbocycles. The van der Waals surface area contributed by atoms with Gasteiger partial charge in [0, 0.05) is 5.56 Å². The molecule has 7 heteroatoms. The average Bonchev–Trinajstić information content (AvgIpc) is 2.46. The third-order valence-corrected chi connectivity index (χ3v) is 2.47. The van der Waals surface area contributed by atoms with E-state index in [0.717, 1.165) is 6.08 Å². The number of aliphatic imine (C=N–C) groups is 1. The Morgan fingerprint density at radius 3 is 2.59 bits per heavy atom. The van der Waals surface area contributed by atoms with Crippen LogP contribution in [0.4, 0.5) is 13.2 Å². The first-order valence-electron chi connectivity index (χ1n) is 5.91. The second-order valence-electron chi connectivity index (χ2n) is 4.07. The molecule has 1 aromatic rings. The van der Waals surface area contributed by atoms with Gasteiger partial charge in [-0.25, -0.2) is 0 Å². The molecular weight excluding hydrogens is 297 g/mol. The van der Waals surface area contributed by atoms with Gasteiger partial charge in [0.1, 0.15) is 29.6 Å². The van der Waals surface area contributed by atoms with Crippen LogP contribution in [0.5, 0.6) is 5.75 Å². The third-order valence-electron chi connectivity index (χ3n) is 2.47. The fourth-order valence-corrected chi connectivity index (χ4v) is 1.44. The molecule has 0 radical (unpaired) electrons. The van der Waals surface area contributed by atoms with Crippen molar-refractivity contribution in [1.82, 2.24) is 0 Å². The van der Waals surface area contributed by atoms with E-state index in [2.05, 4.69) is 11.7 Å². The minimum absolute atomic E-state index is 0.0965. The summed E-state index contributed by atoms with van der Waals surface area (Å²) in [6, 6.07) is 5.98. The quantitative estimate of drug-likeness (QED) is 0.360. The number of hydrogen-bond acceptors (Lipinski definition) is 4. The number of alkyl halides is 3. The molecule has 0 saturated carbocycles. The van der Waals surface area contributed by atoms with E-state index in [1.807, 2.05) is 6.07 Å². The molecule has 0 heterocycles. The minimum Gasteiger partial charge on any atom is -0.461 e.